The van der Waals surface area contributed by atoms with E-state index in [1.54, 1.807) is 25.4 Å². The summed E-state index contributed by atoms with van der Waals surface area (Å²) in [4.78, 5) is 15.7. The first-order valence-corrected chi connectivity index (χ1v) is 6.45. The van der Waals surface area contributed by atoms with Crippen LogP contribution in [0.4, 0.5) is 15.8 Å². The van der Waals surface area contributed by atoms with E-state index in [0.717, 1.165) is 0 Å². The largest absolute Gasteiger partial charge is 0.398 e. The molecule has 0 aliphatic rings. The molecule has 1 heterocycles. The van der Waals surface area contributed by atoms with Crippen LogP contribution in [-0.4, -0.2) is 37.7 Å². The molecule has 0 unspecified atom stereocenters. The van der Waals surface area contributed by atoms with Crippen molar-refractivity contribution in [2.45, 2.75) is 0 Å². The number of nitrogens with zero attached hydrogens (tertiary/aromatic N) is 1. The molecule has 0 fully saturated rings. The van der Waals surface area contributed by atoms with E-state index in [1.165, 1.54) is 6.07 Å². The quantitative estimate of drug-likeness (QED) is 0.548. The van der Waals surface area contributed by atoms with E-state index in [2.05, 4.69) is 15.6 Å². The first-order chi connectivity index (χ1) is 10.1. The van der Waals surface area contributed by atoms with Gasteiger partial charge in [0.15, 0.2) is 5.82 Å². The Morgan fingerprint density at radius 3 is 3.10 bits per heavy atom. The predicted molar refractivity (Wildman–Crippen MR) is 79.5 cm³/mol. The molecule has 0 aliphatic heterocycles. The first-order valence-electron chi connectivity index (χ1n) is 6.45. The zero-order chi connectivity index (χ0) is 15.2. The third kappa shape index (κ3) is 3.57. The number of methoxy groups -OCH3 is 1. The van der Waals surface area contributed by atoms with Gasteiger partial charge in [-0.2, -0.15) is 0 Å². The fourth-order valence-electron chi connectivity index (χ4n) is 1.93. The number of amides is 1. The lowest BCUT2D eigenvalue weighted by atomic mass is 10.1. The van der Waals surface area contributed by atoms with Gasteiger partial charge in [0.1, 0.15) is 0 Å². The third-order valence-electron chi connectivity index (χ3n) is 2.93. The number of hydrogen-bond acceptors (Lipinski definition) is 5. The minimum Gasteiger partial charge on any atom is -0.398 e. The van der Waals surface area contributed by atoms with Crippen LogP contribution in [0.2, 0.25) is 0 Å². The van der Waals surface area contributed by atoms with Crippen molar-refractivity contribution < 1.29 is 13.9 Å². The van der Waals surface area contributed by atoms with Gasteiger partial charge in [0.2, 0.25) is 5.91 Å². The maximum atomic E-state index is 14.0. The van der Waals surface area contributed by atoms with Gasteiger partial charge >= 0.3 is 0 Å². The summed E-state index contributed by atoms with van der Waals surface area (Å²) in [6.45, 7) is 0.767. The number of nitrogens with one attached hydrogen (secondary N) is 2. The highest BCUT2D eigenvalue weighted by Gasteiger charge is 2.12. The van der Waals surface area contributed by atoms with Gasteiger partial charge in [-0.15, -0.1) is 0 Å². The fourth-order valence-corrected chi connectivity index (χ4v) is 1.93. The van der Waals surface area contributed by atoms with Crippen LogP contribution in [-0.2, 0) is 9.53 Å². The van der Waals surface area contributed by atoms with Gasteiger partial charge in [0, 0.05) is 30.9 Å². The Morgan fingerprint density at radius 2 is 2.33 bits per heavy atom. The second-order valence-corrected chi connectivity index (χ2v) is 4.42. The molecule has 0 aliphatic carbocycles. The fraction of sp³-hybridized carbons (Fsp3) is 0.286. The lowest BCUT2D eigenvalue weighted by Crippen LogP contribution is -2.32. The number of halogens is 1. The van der Waals surface area contributed by atoms with E-state index in [4.69, 9.17) is 10.5 Å². The number of rotatable bonds is 6. The molecule has 2 aromatic rings. The summed E-state index contributed by atoms with van der Waals surface area (Å²) >= 11 is 0. The molecular formula is C14H17FN4O2. The van der Waals surface area contributed by atoms with Crippen LogP contribution < -0.4 is 16.4 Å². The maximum Gasteiger partial charge on any atom is 0.239 e. The van der Waals surface area contributed by atoms with Crippen LogP contribution in [0.25, 0.3) is 10.9 Å². The van der Waals surface area contributed by atoms with Crippen LogP contribution in [0.15, 0.2) is 24.4 Å². The van der Waals surface area contributed by atoms with Crippen LogP contribution >= 0.6 is 0 Å². The molecule has 0 bridgehead atoms. The van der Waals surface area contributed by atoms with Gasteiger partial charge in [-0.25, -0.2) is 4.39 Å². The van der Waals surface area contributed by atoms with Crippen molar-refractivity contribution in [3.8, 4) is 0 Å². The lowest BCUT2D eigenvalue weighted by molar-refractivity contribution is -0.119. The van der Waals surface area contributed by atoms with E-state index in [-0.39, 0.29) is 18.1 Å². The number of aromatic nitrogens is 1. The zero-order valence-corrected chi connectivity index (χ0v) is 11.6. The SMILES string of the molecule is COCCNC(=O)CNc1c(F)cc(N)c2cccnc12. The first kappa shape index (κ1) is 15.0. The number of nitrogens with two attached hydrogens (primary N) is 1. The van der Waals surface area contributed by atoms with Crippen LogP contribution in [0.1, 0.15) is 0 Å². The summed E-state index contributed by atoms with van der Waals surface area (Å²) in [5.41, 5.74) is 6.64. The average Bonchev–Trinajstić information content (AvgIpc) is 2.47. The molecule has 112 valence electrons. The topological polar surface area (TPSA) is 89.3 Å². The number of carbonyl (C=O) groups excluding carboxylic acids is 1. The van der Waals surface area contributed by atoms with Crippen molar-refractivity contribution in [1.29, 1.82) is 0 Å². The number of anilines is 2. The molecule has 0 saturated carbocycles. The molecule has 0 radical (unpaired) electrons. The minimum atomic E-state index is -0.539. The molecule has 0 saturated heterocycles. The molecule has 1 amide bonds. The minimum absolute atomic E-state index is 0.0593. The highest BCUT2D eigenvalue weighted by atomic mass is 19.1. The molecule has 1 aromatic carbocycles. The van der Waals surface area contributed by atoms with Gasteiger partial charge in [-0.3, -0.25) is 9.78 Å². The molecule has 1 aromatic heterocycles. The third-order valence-corrected chi connectivity index (χ3v) is 2.93. The van der Waals surface area contributed by atoms with Crippen molar-refractivity contribution in [1.82, 2.24) is 10.3 Å². The Kier molecular flexibility index (Phi) is 4.89. The Morgan fingerprint density at radius 1 is 1.52 bits per heavy atom. The van der Waals surface area contributed by atoms with Gasteiger partial charge in [0.05, 0.1) is 24.4 Å². The van der Waals surface area contributed by atoms with Gasteiger partial charge in [-0.05, 0) is 18.2 Å². The highest BCUT2D eigenvalue weighted by molar-refractivity contribution is 5.99. The summed E-state index contributed by atoms with van der Waals surface area (Å²) in [5, 5.41) is 6.04. The number of hydrogen-bond donors (Lipinski definition) is 3. The van der Waals surface area contributed by atoms with Crippen molar-refractivity contribution in [3.05, 3.63) is 30.2 Å². The molecule has 7 heteroatoms. The summed E-state index contributed by atoms with van der Waals surface area (Å²) < 4.78 is 18.8. The van der Waals surface area contributed by atoms with Crippen molar-refractivity contribution in [2.75, 3.05) is 37.9 Å². The number of ether oxygens (including phenoxy) is 1. The molecule has 4 N–H and O–H groups in total. The van der Waals surface area contributed by atoms with Crippen molar-refractivity contribution in [2.24, 2.45) is 0 Å². The van der Waals surface area contributed by atoms with Crippen LogP contribution in [0.5, 0.6) is 0 Å². The predicted octanol–water partition coefficient (Wildman–Crippen LogP) is 1.13. The Bertz CT molecular complexity index is 648. The summed E-state index contributed by atoms with van der Waals surface area (Å²) in [5.74, 6) is -0.796. The monoisotopic (exact) mass is 292 g/mol. The van der Waals surface area contributed by atoms with Crippen LogP contribution in [0, 0.1) is 5.82 Å². The number of nitrogen functional groups attached to an aromatic ring is 1. The second kappa shape index (κ2) is 6.85. The summed E-state index contributed by atoms with van der Waals surface area (Å²) in [7, 11) is 1.55. The van der Waals surface area contributed by atoms with Crippen molar-refractivity contribution in [3.63, 3.8) is 0 Å². The second-order valence-electron chi connectivity index (χ2n) is 4.42. The van der Waals surface area contributed by atoms with Crippen LogP contribution in [0.3, 0.4) is 0 Å². The number of carbonyl (C=O) groups is 1. The van der Waals surface area contributed by atoms with Crippen molar-refractivity contribution >= 4 is 28.2 Å². The van der Waals surface area contributed by atoms with E-state index < -0.39 is 5.82 Å². The molecule has 0 spiro atoms. The van der Waals surface area contributed by atoms with Gasteiger partial charge < -0.3 is 21.1 Å². The summed E-state index contributed by atoms with van der Waals surface area (Å²) in [6.07, 6.45) is 1.55. The maximum absolute atomic E-state index is 14.0. The number of benzene rings is 1. The number of fused-ring (bicyclic) bond motifs is 1. The zero-order valence-electron chi connectivity index (χ0n) is 11.6. The molecule has 6 nitrogen and oxygen atoms in total. The Labute approximate surface area is 121 Å². The van der Waals surface area contributed by atoms with Gasteiger partial charge in [-0.1, -0.05) is 0 Å². The molecular weight excluding hydrogens is 275 g/mol. The van der Waals surface area contributed by atoms with E-state index in [1.807, 2.05) is 0 Å². The lowest BCUT2D eigenvalue weighted by Gasteiger charge is -2.12. The normalized spacial score (nSPS) is 10.6. The smallest absolute Gasteiger partial charge is 0.239 e. The van der Waals surface area contributed by atoms with E-state index in [9.17, 15) is 9.18 Å². The highest BCUT2D eigenvalue weighted by Crippen LogP contribution is 2.29. The van der Waals surface area contributed by atoms with Gasteiger partial charge in [0.25, 0.3) is 0 Å². The number of pyridine rings is 1. The standard InChI is InChI=1S/C14H17FN4O2/c1-21-6-5-17-12(20)8-19-14-10(15)7-11(16)9-3-2-4-18-13(9)14/h2-4,7,19H,5-6,8,16H2,1H3,(H,17,20). The van der Waals surface area contributed by atoms with E-state index >= 15 is 0 Å². The average molecular weight is 292 g/mol. The van der Waals surface area contributed by atoms with E-state index in [0.29, 0.717) is 29.7 Å². The Balaban J connectivity index is 2.13. The summed E-state index contributed by atoms with van der Waals surface area (Å²) in [6, 6.07) is 4.69. The molecule has 2 rings (SSSR count). The Hall–Kier alpha value is -2.41. The molecule has 21 heavy (non-hydrogen) atoms. The molecule has 0 atom stereocenters.